The summed E-state index contributed by atoms with van der Waals surface area (Å²) in [5.41, 5.74) is -0.215. The number of esters is 1. The number of benzene rings is 3. The third kappa shape index (κ3) is 4.42. The number of carbonyl (C=O) groups excluding carboxylic acids is 3. The molecular formula is C20H15FN2O5. The van der Waals surface area contributed by atoms with Crippen LogP contribution in [-0.4, -0.2) is 29.6 Å². The van der Waals surface area contributed by atoms with E-state index in [0.29, 0.717) is 5.39 Å². The Bertz CT molecular complexity index is 1070. The highest BCUT2D eigenvalue weighted by Crippen LogP contribution is 2.25. The van der Waals surface area contributed by atoms with Gasteiger partial charge >= 0.3 is 12.0 Å². The van der Waals surface area contributed by atoms with Gasteiger partial charge in [0, 0.05) is 0 Å². The number of halogens is 1. The van der Waals surface area contributed by atoms with Crippen molar-refractivity contribution < 1.29 is 28.6 Å². The molecule has 8 heteroatoms. The fraction of sp³-hybridized carbons (Fsp3) is 0.0500. The number of hydrogen-bond donors (Lipinski definition) is 3. The summed E-state index contributed by atoms with van der Waals surface area (Å²) >= 11 is 0. The Morgan fingerprint density at radius 1 is 0.964 bits per heavy atom. The second-order valence-corrected chi connectivity index (χ2v) is 5.77. The Hall–Kier alpha value is -3.94. The molecule has 0 spiro atoms. The first-order chi connectivity index (χ1) is 13.4. The largest absolute Gasteiger partial charge is 0.507 e. The highest BCUT2D eigenvalue weighted by molar-refractivity contribution is 6.03. The van der Waals surface area contributed by atoms with Crippen LogP contribution in [0.3, 0.4) is 0 Å². The van der Waals surface area contributed by atoms with Gasteiger partial charge in [0.25, 0.3) is 5.91 Å². The molecule has 0 saturated carbocycles. The molecule has 0 heterocycles. The second kappa shape index (κ2) is 8.17. The first-order valence-corrected chi connectivity index (χ1v) is 8.18. The summed E-state index contributed by atoms with van der Waals surface area (Å²) in [7, 11) is 0. The number of phenolic OH excluding ortho intramolecular Hbond substituents is 1. The quantitative estimate of drug-likeness (QED) is 0.601. The third-order valence-electron chi connectivity index (χ3n) is 3.79. The lowest BCUT2D eigenvalue weighted by atomic mass is 10.1. The summed E-state index contributed by atoms with van der Waals surface area (Å²) < 4.78 is 18.3. The zero-order valence-electron chi connectivity index (χ0n) is 14.4. The third-order valence-corrected chi connectivity index (χ3v) is 3.79. The van der Waals surface area contributed by atoms with Crippen LogP contribution in [0.4, 0.5) is 14.9 Å². The van der Waals surface area contributed by atoms with Crippen molar-refractivity contribution in [3.63, 3.8) is 0 Å². The lowest BCUT2D eigenvalue weighted by Gasteiger charge is -2.09. The first kappa shape index (κ1) is 18.8. The number of fused-ring (bicyclic) bond motifs is 1. The van der Waals surface area contributed by atoms with Crippen molar-refractivity contribution in [3.8, 4) is 5.75 Å². The number of nitrogens with one attached hydrogen (secondary N) is 2. The maximum atomic E-state index is 13.5. The average Bonchev–Trinajstić information content (AvgIpc) is 2.67. The number of amides is 3. The molecule has 0 fully saturated rings. The molecule has 0 atom stereocenters. The van der Waals surface area contributed by atoms with Crippen LogP contribution in [0.2, 0.25) is 0 Å². The van der Waals surface area contributed by atoms with Crippen LogP contribution < -0.4 is 10.6 Å². The Labute approximate surface area is 158 Å². The van der Waals surface area contributed by atoms with Gasteiger partial charge in [-0.2, -0.15) is 0 Å². The average molecular weight is 382 g/mol. The smallest absolute Gasteiger partial charge is 0.342 e. The number of rotatable bonds is 4. The lowest BCUT2D eigenvalue weighted by molar-refractivity contribution is -0.123. The van der Waals surface area contributed by atoms with E-state index in [2.05, 4.69) is 5.32 Å². The number of ether oxygens (including phenoxy) is 1. The van der Waals surface area contributed by atoms with E-state index >= 15 is 0 Å². The molecular weight excluding hydrogens is 367 g/mol. The molecule has 3 N–H and O–H groups in total. The lowest BCUT2D eigenvalue weighted by Crippen LogP contribution is -2.37. The number of carbonyl (C=O) groups is 3. The van der Waals surface area contributed by atoms with Crippen LogP contribution >= 0.6 is 0 Å². The molecule has 0 aliphatic carbocycles. The van der Waals surface area contributed by atoms with E-state index in [4.69, 9.17) is 4.74 Å². The SMILES string of the molecule is O=C(COC(=O)c1cc2ccccc2cc1O)NC(=O)Nc1ccccc1F. The Morgan fingerprint density at radius 2 is 1.61 bits per heavy atom. The number of anilines is 1. The Morgan fingerprint density at radius 3 is 2.32 bits per heavy atom. The van der Waals surface area contributed by atoms with Crippen molar-refractivity contribution in [2.24, 2.45) is 0 Å². The van der Waals surface area contributed by atoms with Gasteiger partial charge in [-0.3, -0.25) is 10.1 Å². The normalized spacial score (nSPS) is 10.3. The van der Waals surface area contributed by atoms with E-state index in [1.165, 1.54) is 30.3 Å². The minimum absolute atomic E-state index is 0.106. The fourth-order valence-corrected chi connectivity index (χ4v) is 2.48. The molecule has 0 unspecified atom stereocenters. The maximum absolute atomic E-state index is 13.5. The fourth-order valence-electron chi connectivity index (χ4n) is 2.48. The molecule has 0 aliphatic heterocycles. The van der Waals surface area contributed by atoms with E-state index in [9.17, 15) is 23.9 Å². The highest BCUT2D eigenvalue weighted by atomic mass is 19.1. The molecule has 0 saturated heterocycles. The Balaban J connectivity index is 1.57. The van der Waals surface area contributed by atoms with E-state index in [1.807, 2.05) is 5.32 Å². The maximum Gasteiger partial charge on any atom is 0.342 e. The Kier molecular flexibility index (Phi) is 5.50. The van der Waals surface area contributed by atoms with Crippen molar-refractivity contribution >= 4 is 34.4 Å². The van der Waals surface area contributed by atoms with Gasteiger partial charge in [-0.15, -0.1) is 0 Å². The number of para-hydroxylation sites is 1. The molecule has 3 aromatic carbocycles. The van der Waals surface area contributed by atoms with Crippen molar-refractivity contribution in [3.05, 3.63) is 72.0 Å². The van der Waals surface area contributed by atoms with Crippen LogP contribution in [-0.2, 0) is 9.53 Å². The first-order valence-electron chi connectivity index (χ1n) is 8.18. The summed E-state index contributed by atoms with van der Waals surface area (Å²) in [6.45, 7) is -0.754. The van der Waals surface area contributed by atoms with Crippen molar-refractivity contribution in [2.45, 2.75) is 0 Å². The van der Waals surface area contributed by atoms with Crippen LogP contribution in [0.5, 0.6) is 5.75 Å². The van der Waals surface area contributed by atoms with Gasteiger partial charge in [0.1, 0.15) is 17.1 Å². The van der Waals surface area contributed by atoms with Crippen LogP contribution in [0.25, 0.3) is 10.8 Å². The van der Waals surface area contributed by atoms with Gasteiger partial charge in [0.2, 0.25) is 0 Å². The summed E-state index contributed by atoms with van der Waals surface area (Å²) in [4.78, 5) is 35.6. The second-order valence-electron chi connectivity index (χ2n) is 5.77. The summed E-state index contributed by atoms with van der Waals surface area (Å²) in [5.74, 6) is -2.79. The zero-order valence-corrected chi connectivity index (χ0v) is 14.4. The van der Waals surface area contributed by atoms with Gasteiger partial charge in [-0.1, -0.05) is 36.4 Å². The molecule has 142 valence electrons. The van der Waals surface area contributed by atoms with Gasteiger partial charge in [0.05, 0.1) is 5.69 Å². The number of aromatic hydroxyl groups is 1. The summed E-state index contributed by atoms with van der Waals surface area (Å²) in [5, 5.41) is 15.5. The van der Waals surface area contributed by atoms with Crippen molar-refractivity contribution in [1.29, 1.82) is 0 Å². The molecule has 0 bridgehead atoms. The van der Waals surface area contributed by atoms with Crippen molar-refractivity contribution in [1.82, 2.24) is 5.32 Å². The minimum Gasteiger partial charge on any atom is -0.507 e. The van der Waals surface area contributed by atoms with Crippen LogP contribution in [0.1, 0.15) is 10.4 Å². The molecule has 3 amide bonds. The van der Waals surface area contributed by atoms with Gasteiger partial charge in [-0.05, 0) is 35.0 Å². The van der Waals surface area contributed by atoms with Gasteiger partial charge < -0.3 is 15.2 Å². The number of imide groups is 1. The molecule has 3 aromatic rings. The van der Waals surface area contributed by atoms with E-state index in [-0.39, 0.29) is 17.0 Å². The number of phenols is 1. The molecule has 3 rings (SSSR count). The molecule has 0 radical (unpaired) electrons. The molecule has 7 nitrogen and oxygen atoms in total. The standard InChI is InChI=1S/C20H15FN2O5/c21-15-7-3-4-8-16(15)22-20(27)23-18(25)11-28-19(26)14-9-12-5-1-2-6-13(12)10-17(14)24/h1-10,24H,11H2,(H2,22,23,25,27). The minimum atomic E-state index is -0.972. The van der Waals surface area contributed by atoms with Crippen molar-refractivity contribution in [2.75, 3.05) is 11.9 Å². The molecule has 0 aliphatic rings. The number of urea groups is 1. The van der Waals surface area contributed by atoms with Crippen LogP contribution in [0, 0.1) is 5.82 Å². The molecule has 0 aromatic heterocycles. The summed E-state index contributed by atoms with van der Waals surface area (Å²) in [6.07, 6.45) is 0. The molecule has 28 heavy (non-hydrogen) atoms. The topological polar surface area (TPSA) is 105 Å². The van der Waals surface area contributed by atoms with Gasteiger partial charge in [0.15, 0.2) is 6.61 Å². The predicted octanol–water partition coefficient (Wildman–Crippen LogP) is 3.19. The predicted molar refractivity (Wildman–Crippen MR) is 99.5 cm³/mol. The van der Waals surface area contributed by atoms with E-state index in [0.717, 1.165) is 11.5 Å². The highest BCUT2D eigenvalue weighted by Gasteiger charge is 2.17. The van der Waals surface area contributed by atoms with Crippen LogP contribution in [0.15, 0.2) is 60.7 Å². The van der Waals surface area contributed by atoms with E-state index < -0.39 is 30.3 Å². The summed E-state index contributed by atoms with van der Waals surface area (Å²) in [6, 6.07) is 14.4. The zero-order chi connectivity index (χ0) is 20.1. The van der Waals surface area contributed by atoms with Gasteiger partial charge in [-0.25, -0.2) is 14.0 Å². The number of hydrogen-bond acceptors (Lipinski definition) is 5. The van der Waals surface area contributed by atoms with E-state index in [1.54, 1.807) is 24.3 Å². The monoisotopic (exact) mass is 382 g/mol.